The maximum atomic E-state index is 13.7. The van der Waals surface area contributed by atoms with Crippen molar-refractivity contribution < 1.29 is 75.6 Å². The molecule has 0 aromatic heterocycles. The van der Waals surface area contributed by atoms with Crippen LogP contribution in [0.1, 0.15) is 6.92 Å². The minimum absolute atomic E-state index is 0.0176. The summed E-state index contributed by atoms with van der Waals surface area (Å²) in [6, 6.07) is 0. The van der Waals surface area contributed by atoms with Crippen LogP contribution >= 0.6 is 0 Å². The second-order valence-corrected chi connectivity index (χ2v) is 8.22. The van der Waals surface area contributed by atoms with Gasteiger partial charge < -0.3 is 53.8 Å². The smallest absolute Gasteiger partial charge is 0.383 e. The van der Waals surface area contributed by atoms with Gasteiger partial charge in [0.25, 0.3) is 0 Å². The van der Waals surface area contributed by atoms with Crippen LogP contribution in [0.5, 0.6) is 0 Å². The van der Waals surface area contributed by atoms with Crippen LogP contribution < -0.4 is 5.32 Å². The van der Waals surface area contributed by atoms with E-state index in [0.29, 0.717) is 6.54 Å². The summed E-state index contributed by atoms with van der Waals surface area (Å²) in [6.07, 6.45) is -10.6. The molecule has 0 heterocycles. The van der Waals surface area contributed by atoms with Gasteiger partial charge in [0.2, 0.25) is 5.91 Å². The molecule has 0 fully saturated rings. The summed E-state index contributed by atoms with van der Waals surface area (Å²) in [4.78, 5) is 10.7. The predicted molar refractivity (Wildman–Crippen MR) is 129 cm³/mol. The van der Waals surface area contributed by atoms with E-state index < -0.39 is 57.1 Å². The number of aliphatic hydroxyl groups excluding tert-OH is 3. The van der Waals surface area contributed by atoms with Gasteiger partial charge in [-0.25, -0.2) is 0 Å². The highest BCUT2D eigenvalue weighted by Gasteiger charge is 2.44. The number of hydrogen-bond donors (Lipinski definition) is 4. The largest absolute Gasteiger partial charge is 0.388 e. The number of rotatable bonds is 28. The molecule has 0 saturated heterocycles. The molecule has 0 aliphatic heterocycles. The molecule has 0 aromatic rings. The summed E-state index contributed by atoms with van der Waals surface area (Å²) >= 11 is 0. The number of halogens is 4. The van der Waals surface area contributed by atoms with E-state index >= 15 is 0 Å². The molecular weight excluding hydrogens is 558 g/mol. The van der Waals surface area contributed by atoms with Crippen LogP contribution in [0.3, 0.4) is 0 Å². The zero-order chi connectivity index (χ0) is 30.3. The van der Waals surface area contributed by atoms with Gasteiger partial charge in [-0.2, -0.15) is 17.6 Å². The number of alkyl halides is 4. The Morgan fingerprint density at radius 2 is 1.23 bits per heavy atom. The first-order valence-electron chi connectivity index (χ1n) is 12.3. The zero-order valence-electron chi connectivity index (χ0n) is 22.4. The molecular formula is C23H41F4NO12. The monoisotopic (exact) mass is 599 g/mol. The standard InChI is InChI=1S/C23H41F4NO12/c1-3-5-33-9-20(31)12-37-13-21(32)14-38-15-22(24,25)40-23(26,27)16-39-17-36-8-7-35-11-19(30)10-34-6-4-28-18(2)29/h3,19-21,30-32H,1,4-17H2,2H3,(H,28,29). The molecule has 0 radical (unpaired) electrons. The van der Waals surface area contributed by atoms with Crippen LogP contribution in [0.25, 0.3) is 0 Å². The van der Waals surface area contributed by atoms with Crippen molar-refractivity contribution >= 4 is 5.91 Å². The molecule has 3 atom stereocenters. The van der Waals surface area contributed by atoms with E-state index in [4.69, 9.17) is 23.7 Å². The van der Waals surface area contributed by atoms with E-state index in [9.17, 15) is 37.7 Å². The van der Waals surface area contributed by atoms with E-state index in [-0.39, 0.29) is 65.4 Å². The van der Waals surface area contributed by atoms with Gasteiger partial charge in [-0.3, -0.25) is 9.53 Å². The van der Waals surface area contributed by atoms with Gasteiger partial charge in [0.1, 0.15) is 38.3 Å². The third-order valence-corrected chi connectivity index (χ3v) is 4.09. The van der Waals surface area contributed by atoms with Crippen LogP contribution in [-0.4, -0.2) is 144 Å². The van der Waals surface area contributed by atoms with Crippen LogP contribution in [0.15, 0.2) is 12.7 Å². The van der Waals surface area contributed by atoms with Crippen molar-refractivity contribution in [1.29, 1.82) is 0 Å². The Hall–Kier alpha value is -1.51. The Bertz CT molecular complexity index is 651. The van der Waals surface area contributed by atoms with Gasteiger partial charge in [0, 0.05) is 13.5 Å². The molecule has 17 heteroatoms. The Balaban J connectivity index is 3.84. The molecule has 0 aromatic carbocycles. The van der Waals surface area contributed by atoms with E-state index in [2.05, 4.69) is 26.1 Å². The maximum Gasteiger partial charge on any atom is 0.383 e. The lowest BCUT2D eigenvalue weighted by molar-refractivity contribution is -0.396. The highest BCUT2D eigenvalue weighted by molar-refractivity contribution is 5.72. The van der Waals surface area contributed by atoms with E-state index in [1.807, 2.05) is 0 Å². The lowest BCUT2D eigenvalue weighted by atomic mass is 10.4. The normalized spacial score (nSPS) is 14.6. The Labute approximate surface area is 230 Å². The van der Waals surface area contributed by atoms with E-state index in [1.165, 1.54) is 13.0 Å². The van der Waals surface area contributed by atoms with Crippen molar-refractivity contribution in [3.05, 3.63) is 12.7 Å². The second-order valence-electron chi connectivity index (χ2n) is 8.22. The summed E-state index contributed by atoms with van der Waals surface area (Å²) in [5.74, 6) is -0.202. The van der Waals surface area contributed by atoms with Crippen LogP contribution in [-0.2, 0) is 42.7 Å². The van der Waals surface area contributed by atoms with Gasteiger partial charge in [-0.1, -0.05) is 6.08 Å². The van der Waals surface area contributed by atoms with Gasteiger partial charge in [0.05, 0.1) is 66.1 Å². The molecule has 1 amide bonds. The van der Waals surface area contributed by atoms with E-state index in [0.717, 1.165) is 0 Å². The molecule has 0 spiro atoms. The summed E-state index contributed by atoms with van der Waals surface area (Å²) in [5, 5.41) is 31.3. The molecule has 0 saturated carbocycles. The topological polar surface area (TPSA) is 164 Å². The number of ether oxygens (including phenoxy) is 8. The lowest BCUT2D eigenvalue weighted by Crippen LogP contribution is -2.40. The lowest BCUT2D eigenvalue weighted by Gasteiger charge is -2.24. The highest BCUT2D eigenvalue weighted by atomic mass is 19.3. The van der Waals surface area contributed by atoms with Crippen LogP contribution in [0, 0.1) is 0 Å². The molecule has 13 nitrogen and oxygen atoms in total. The fourth-order valence-corrected chi connectivity index (χ4v) is 2.50. The second kappa shape index (κ2) is 23.1. The van der Waals surface area contributed by atoms with Gasteiger partial charge in [-0.05, 0) is 0 Å². The minimum Gasteiger partial charge on any atom is -0.388 e. The first-order valence-corrected chi connectivity index (χ1v) is 12.3. The molecule has 238 valence electrons. The highest BCUT2D eigenvalue weighted by Crippen LogP contribution is 2.27. The molecule has 0 aliphatic carbocycles. The third kappa shape index (κ3) is 25.5. The molecule has 0 bridgehead atoms. The van der Waals surface area contributed by atoms with Crippen molar-refractivity contribution in [2.45, 2.75) is 37.5 Å². The number of nitrogens with one attached hydrogen (secondary N) is 1. The van der Waals surface area contributed by atoms with Gasteiger partial charge >= 0.3 is 12.2 Å². The van der Waals surface area contributed by atoms with E-state index in [1.54, 1.807) is 0 Å². The first kappa shape index (κ1) is 38.5. The molecule has 4 N–H and O–H groups in total. The maximum absolute atomic E-state index is 13.7. The number of carbonyl (C=O) groups is 1. The zero-order valence-corrected chi connectivity index (χ0v) is 22.4. The van der Waals surface area contributed by atoms with Crippen molar-refractivity contribution in [1.82, 2.24) is 5.32 Å². The summed E-state index contributed by atoms with van der Waals surface area (Å²) in [6.45, 7) is 0.270. The Kier molecular flexibility index (Phi) is 22.2. The molecule has 40 heavy (non-hydrogen) atoms. The fourth-order valence-electron chi connectivity index (χ4n) is 2.50. The molecule has 3 unspecified atom stereocenters. The quantitative estimate of drug-likeness (QED) is 0.0401. The fraction of sp³-hybridized carbons (Fsp3) is 0.870. The summed E-state index contributed by atoms with van der Waals surface area (Å²) < 4.78 is 92.1. The third-order valence-electron chi connectivity index (χ3n) is 4.09. The summed E-state index contributed by atoms with van der Waals surface area (Å²) in [7, 11) is 0. The predicted octanol–water partition coefficient (Wildman–Crippen LogP) is -0.333. The molecule has 0 aliphatic rings. The number of amides is 1. The number of hydrogen-bond acceptors (Lipinski definition) is 12. The minimum atomic E-state index is -4.39. The average molecular weight is 600 g/mol. The average Bonchev–Trinajstić information content (AvgIpc) is 2.84. The Morgan fingerprint density at radius 3 is 1.80 bits per heavy atom. The van der Waals surface area contributed by atoms with Crippen molar-refractivity contribution in [2.75, 3.05) is 92.6 Å². The van der Waals surface area contributed by atoms with Crippen molar-refractivity contribution in [2.24, 2.45) is 0 Å². The van der Waals surface area contributed by atoms with Gasteiger partial charge in [-0.15, -0.1) is 6.58 Å². The summed E-state index contributed by atoms with van der Waals surface area (Å²) in [5.41, 5.74) is 0. The molecule has 0 rings (SSSR count). The van der Waals surface area contributed by atoms with Crippen molar-refractivity contribution in [3.63, 3.8) is 0 Å². The number of aliphatic hydroxyl groups is 3. The van der Waals surface area contributed by atoms with Crippen molar-refractivity contribution in [3.8, 4) is 0 Å². The van der Waals surface area contributed by atoms with Crippen LogP contribution in [0.4, 0.5) is 17.6 Å². The Morgan fingerprint density at radius 1 is 0.750 bits per heavy atom. The van der Waals surface area contributed by atoms with Crippen LogP contribution in [0.2, 0.25) is 0 Å². The van der Waals surface area contributed by atoms with Gasteiger partial charge in [0.15, 0.2) is 0 Å². The number of carbonyl (C=O) groups excluding carboxylic acids is 1. The first-order chi connectivity index (χ1) is 18.9. The SMILES string of the molecule is C=CCOCC(O)COCC(O)COCC(F)(F)OC(F)(F)COCOCCOCC(O)COCCNC(C)=O.